The van der Waals surface area contributed by atoms with Crippen LogP contribution in [0.2, 0.25) is 0 Å². The third-order valence-corrected chi connectivity index (χ3v) is 3.42. The van der Waals surface area contributed by atoms with E-state index in [1.54, 1.807) is 7.11 Å². The lowest BCUT2D eigenvalue weighted by Crippen LogP contribution is -2.18. The standard InChI is InChI=1S/C17H26O/c1-8-12-11-13(9-2)16(18-7)15(14(12)10-3)17(4,5)6/h9,11H,2,8,10H2,1,3-7H3. The monoisotopic (exact) mass is 246 g/mol. The Labute approximate surface area is 112 Å². The topological polar surface area (TPSA) is 9.23 Å². The van der Waals surface area contributed by atoms with Gasteiger partial charge in [0.05, 0.1) is 7.11 Å². The Kier molecular flexibility index (Phi) is 4.61. The zero-order valence-electron chi connectivity index (χ0n) is 12.7. The average molecular weight is 246 g/mol. The van der Waals surface area contributed by atoms with Crippen LogP contribution in [0.4, 0.5) is 0 Å². The molecule has 0 saturated carbocycles. The first-order valence-corrected chi connectivity index (χ1v) is 6.76. The van der Waals surface area contributed by atoms with Crippen molar-refractivity contribution in [2.24, 2.45) is 0 Å². The van der Waals surface area contributed by atoms with Gasteiger partial charge in [-0.25, -0.2) is 0 Å². The Hall–Kier alpha value is -1.24. The van der Waals surface area contributed by atoms with Gasteiger partial charge in [0.2, 0.25) is 0 Å². The molecule has 0 spiro atoms. The van der Waals surface area contributed by atoms with Crippen LogP contribution in [0.1, 0.15) is 56.9 Å². The van der Waals surface area contributed by atoms with Crippen LogP contribution in [-0.2, 0) is 18.3 Å². The van der Waals surface area contributed by atoms with Crippen LogP contribution in [0.25, 0.3) is 6.08 Å². The Morgan fingerprint density at radius 2 is 1.83 bits per heavy atom. The van der Waals surface area contributed by atoms with E-state index in [9.17, 15) is 0 Å². The van der Waals surface area contributed by atoms with Crippen LogP contribution < -0.4 is 4.74 Å². The first-order valence-electron chi connectivity index (χ1n) is 6.76. The fourth-order valence-electron chi connectivity index (χ4n) is 2.67. The molecule has 0 atom stereocenters. The van der Waals surface area contributed by atoms with Crippen molar-refractivity contribution in [2.45, 2.75) is 52.9 Å². The molecule has 0 unspecified atom stereocenters. The Balaban J connectivity index is 3.74. The van der Waals surface area contributed by atoms with E-state index in [1.807, 2.05) is 6.08 Å². The number of aryl methyl sites for hydroxylation is 1. The third-order valence-electron chi connectivity index (χ3n) is 3.42. The highest BCUT2D eigenvalue weighted by atomic mass is 16.5. The zero-order valence-corrected chi connectivity index (χ0v) is 12.7. The second kappa shape index (κ2) is 5.60. The molecule has 0 radical (unpaired) electrons. The number of benzene rings is 1. The van der Waals surface area contributed by atoms with Crippen molar-refractivity contribution in [3.63, 3.8) is 0 Å². The molecule has 1 nitrogen and oxygen atoms in total. The molecule has 0 aromatic heterocycles. The van der Waals surface area contributed by atoms with E-state index in [1.165, 1.54) is 16.7 Å². The normalized spacial score (nSPS) is 11.4. The summed E-state index contributed by atoms with van der Waals surface area (Å²) >= 11 is 0. The summed E-state index contributed by atoms with van der Waals surface area (Å²) in [6.45, 7) is 15.1. The van der Waals surface area contributed by atoms with Gasteiger partial charge in [-0.3, -0.25) is 0 Å². The maximum atomic E-state index is 5.66. The van der Waals surface area contributed by atoms with Gasteiger partial charge in [0.15, 0.2) is 0 Å². The second-order valence-electron chi connectivity index (χ2n) is 5.67. The van der Waals surface area contributed by atoms with Crippen LogP contribution in [-0.4, -0.2) is 7.11 Å². The van der Waals surface area contributed by atoms with Gasteiger partial charge in [-0.1, -0.05) is 47.3 Å². The van der Waals surface area contributed by atoms with Gasteiger partial charge in [-0.2, -0.15) is 0 Å². The first kappa shape index (κ1) is 14.8. The van der Waals surface area contributed by atoms with Crippen molar-refractivity contribution in [3.05, 3.63) is 34.9 Å². The Bertz CT molecular complexity index is 436. The largest absolute Gasteiger partial charge is 0.496 e. The van der Waals surface area contributed by atoms with Crippen molar-refractivity contribution in [1.29, 1.82) is 0 Å². The van der Waals surface area contributed by atoms with Crippen molar-refractivity contribution in [3.8, 4) is 5.75 Å². The Morgan fingerprint density at radius 3 is 2.17 bits per heavy atom. The summed E-state index contributed by atoms with van der Waals surface area (Å²) in [7, 11) is 1.75. The fourth-order valence-corrected chi connectivity index (χ4v) is 2.67. The van der Waals surface area contributed by atoms with Crippen LogP contribution in [0, 0.1) is 0 Å². The van der Waals surface area contributed by atoms with E-state index in [-0.39, 0.29) is 5.41 Å². The highest BCUT2D eigenvalue weighted by Crippen LogP contribution is 2.39. The van der Waals surface area contributed by atoms with Gasteiger partial charge in [-0.05, 0) is 35.4 Å². The van der Waals surface area contributed by atoms with Gasteiger partial charge < -0.3 is 4.74 Å². The molecule has 0 saturated heterocycles. The smallest absolute Gasteiger partial charge is 0.130 e. The lowest BCUT2D eigenvalue weighted by Gasteiger charge is -2.28. The minimum atomic E-state index is 0.0830. The third kappa shape index (κ3) is 2.60. The molecular weight excluding hydrogens is 220 g/mol. The van der Waals surface area contributed by atoms with E-state index in [0.29, 0.717) is 0 Å². The first-order chi connectivity index (χ1) is 8.40. The van der Waals surface area contributed by atoms with Gasteiger partial charge in [0.25, 0.3) is 0 Å². The van der Waals surface area contributed by atoms with Gasteiger partial charge in [-0.15, -0.1) is 0 Å². The number of hydrogen-bond acceptors (Lipinski definition) is 1. The number of hydrogen-bond donors (Lipinski definition) is 0. The molecule has 0 amide bonds. The quantitative estimate of drug-likeness (QED) is 0.744. The van der Waals surface area contributed by atoms with Crippen LogP contribution >= 0.6 is 0 Å². The number of rotatable bonds is 4. The predicted octanol–water partition coefficient (Wildman–Crippen LogP) is 4.76. The molecule has 0 fully saturated rings. The number of methoxy groups -OCH3 is 1. The SMILES string of the molecule is C=Cc1cc(CC)c(CC)c(C(C)(C)C)c1OC. The van der Waals surface area contributed by atoms with Gasteiger partial charge in [0.1, 0.15) is 5.75 Å². The molecule has 0 bridgehead atoms. The van der Waals surface area contributed by atoms with Crippen molar-refractivity contribution >= 4 is 6.08 Å². The molecule has 1 aromatic carbocycles. The molecule has 1 aromatic rings. The zero-order chi connectivity index (χ0) is 13.9. The summed E-state index contributed by atoms with van der Waals surface area (Å²) in [5.41, 5.74) is 5.38. The van der Waals surface area contributed by atoms with E-state index in [2.05, 4.69) is 47.3 Å². The average Bonchev–Trinajstić information content (AvgIpc) is 2.34. The molecule has 0 aliphatic carbocycles. The van der Waals surface area contributed by atoms with Crippen LogP contribution in [0.15, 0.2) is 12.6 Å². The molecule has 0 N–H and O–H groups in total. The van der Waals surface area contributed by atoms with Crippen LogP contribution in [0.3, 0.4) is 0 Å². The summed E-state index contributed by atoms with van der Waals surface area (Å²) in [5, 5.41) is 0. The maximum Gasteiger partial charge on any atom is 0.130 e. The maximum absolute atomic E-state index is 5.66. The summed E-state index contributed by atoms with van der Waals surface area (Å²) in [5.74, 6) is 0.992. The van der Waals surface area contributed by atoms with Gasteiger partial charge in [0, 0.05) is 11.1 Å². The van der Waals surface area contributed by atoms with E-state index < -0.39 is 0 Å². The second-order valence-corrected chi connectivity index (χ2v) is 5.67. The minimum absolute atomic E-state index is 0.0830. The van der Waals surface area contributed by atoms with Crippen molar-refractivity contribution in [1.82, 2.24) is 0 Å². The van der Waals surface area contributed by atoms with Crippen molar-refractivity contribution in [2.75, 3.05) is 7.11 Å². The van der Waals surface area contributed by atoms with Gasteiger partial charge >= 0.3 is 0 Å². The molecule has 18 heavy (non-hydrogen) atoms. The predicted molar refractivity (Wildman–Crippen MR) is 80.5 cm³/mol. The van der Waals surface area contributed by atoms with Crippen molar-refractivity contribution < 1.29 is 4.74 Å². The molecule has 100 valence electrons. The lowest BCUT2D eigenvalue weighted by atomic mass is 9.79. The van der Waals surface area contributed by atoms with E-state index in [0.717, 1.165) is 24.2 Å². The Morgan fingerprint density at radius 1 is 1.22 bits per heavy atom. The minimum Gasteiger partial charge on any atom is -0.496 e. The lowest BCUT2D eigenvalue weighted by molar-refractivity contribution is 0.395. The summed E-state index contributed by atoms with van der Waals surface area (Å²) < 4.78 is 5.66. The highest BCUT2D eigenvalue weighted by Gasteiger charge is 2.25. The molecule has 0 aliphatic heterocycles. The molecule has 1 rings (SSSR count). The molecule has 0 aliphatic rings. The highest BCUT2D eigenvalue weighted by molar-refractivity contribution is 5.64. The summed E-state index contributed by atoms with van der Waals surface area (Å²) in [6, 6.07) is 2.22. The fraction of sp³-hybridized carbons (Fsp3) is 0.529. The summed E-state index contributed by atoms with van der Waals surface area (Å²) in [4.78, 5) is 0. The summed E-state index contributed by atoms with van der Waals surface area (Å²) in [6.07, 6.45) is 3.99. The molecular formula is C17H26O. The molecule has 0 heterocycles. The number of ether oxygens (including phenoxy) is 1. The van der Waals surface area contributed by atoms with Crippen LogP contribution in [0.5, 0.6) is 5.75 Å². The molecule has 1 heteroatoms. The van der Waals surface area contributed by atoms with E-state index >= 15 is 0 Å². The van der Waals surface area contributed by atoms with E-state index in [4.69, 9.17) is 4.74 Å².